The van der Waals surface area contributed by atoms with E-state index in [4.69, 9.17) is 0 Å². The number of hydrogen-bond donors (Lipinski definition) is 1. The van der Waals surface area contributed by atoms with Gasteiger partial charge in [-0.1, -0.05) is 20.8 Å². The van der Waals surface area contributed by atoms with E-state index in [2.05, 4.69) is 42.0 Å². The van der Waals surface area contributed by atoms with Crippen LogP contribution in [0.5, 0.6) is 0 Å². The number of nitrogens with one attached hydrogen (secondary N) is 1. The lowest BCUT2D eigenvalue weighted by molar-refractivity contribution is 0.0737. The summed E-state index contributed by atoms with van der Waals surface area (Å²) in [5, 5.41) is 3.22. The topological polar surface area (TPSA) is 29.1 Å². The Hall–Kier alpha value is -0.900. The summed E-state index contributed by atoms with van der Waals surface area (Å²) in [6.07, 6.45) is 3.63. The number of benzene rings is 1. The predicted molar refractivity (Wildman–Crippen MR) is 84.6 cm³/mol. The highest BCUT2D eigenvalue weighted by Gasteiger charge is 2.59. The molecule has 4 heteroatoms. The van der Waals surface area contributed by atoms with Crippen molar-refractivity contribution in [2.45, 2.75) is 46.1 Å². The first-order valence-electron chi connectivity index (χ1n) is 7.50. The van der Waals surface area contributed by atoms with Crippen LogP contribution < -0.4 is 5.32 Å². The number of fused-ring (bicyclic) bond motifs is 2. The number of halogens is 2. The molecule has 0 saturated heterocycles. The average molecular weight is 354 g/mol. The van der Waals surface area contributed by atoms with Crippen LogP contribution in [0.2, 0.25) is 0 Å². The maximum Gasteiger partial charge on any atom is 0.251 e. The molecule has 2 nitrogen and oxygen atoms in total. The molecule has 2 saturated carbocycles. The molecule has 21 heavy (non-hydrogen) atoms. The maximum absolute atomic E-state index is 13.3. The molecule has 3 unspecified atom stereocenters. The van der Waals surface area contributed by atoms with Crippen LogP contribution in [0, 0.1) is 22.6 Å². The molecule has 3 atom stereocenters. The Balaban J connectivity index is 1.83. The fourth-order valence-corrected chi connectivity index (χ4v) is 4.89. The summed E-state index contributed by atoms with van der Waals surface area (Å²) in [6, 6.07) is 4.60. The molecule has 1 aromatic rings. The van der Waals surface area contributed by atoms with E-state index in [1.165, 1.54) is 31.4 Å². The molecule has 1 amide bonds. The van der Waals surface area contributed by atoms with E-state index in [0.29, 0.717) is 16.0 Å². The first-order valence-corrected chi connectivity index (χ1v) is 8.29. The van der Waals surface area contributed by atoms with Gasteiger partial charge >= 0.3 is 0 Å². The van der Waals surface area contributed by atoms with Crippen molar-refractivity contribution in [3.05, 3.63) is 34.1 Å². The van der Waals surface area contributed by atoms with Gasteiger partial charge in [0.15, 0.2) is 0 Å². The first-order chi connectivity index (χ1) is 9.74. The Morgan fingerprint density at radius 2 is 2.10 bits per heavy atom. The molecule has 2 bridgehead atoms. The van der Waals surface area contributed by atoms with Crippen molar-refractivity contribution >= 4 is 21.8 Å². The van der Waals surface area contributed by atoms with Crippen molar-refractivity contribution in [3.8, 4) is 0 Å². The van der Waals surface area contributed by atoms with E-state index >= 15 is 0 Å². The molecule has 114 valence electrons. The van der Waals surface area contributed by atoms with Crippen LogP contribution in [0.25, 0.3) is 0 Å². The highest BCUT2D eigenvalue weighted by atomic mass is 79.9. The smallest absolute Gasteiger partial charge is 0.251 e. The molecule has 0 aliphatic heterocycles. The van der Waals surface area contributed by atoms with Gasteiger partial charge in [-0.25, -0.2) is 4.39 Å². The van der Waals surface area contributed by atoms with E-state index in [1.54, 1.807) is 6.07 Å². The van der Waals surface area contributed by atoms with E-state index in [-0.39, 0.29) is 28.6 Å². The summed E-state index contributed by atoms with van der Waals surface area (Å²) in [5.41, 5.74) is 0.825. The van der Waals surface area contributed by atoms with Crippen molar-refractivity contribution in [3.63, 3.8) is 0 Å². The summed E-state index contributed by atoms with van der Waals surface area (Å²) in [5.74, 6) is 0.231. The molecule has 1 N–H and O–H groups in total. The van der Waals surface area contributed by atoms with Gasteiger partial charge in [0.2, 0.25) is 0 Å². The third-order valence-corrected chi connectivity index (χ3v) is 6.33. The molecule has 0 spiro atoms. The minimum Gasteiger partial charge on any atom is -0.348 e. The van der Waals surface area contributed by atoms with Crippen LogP contribution in [-0.2, 0) is 0 Å². The minimum absolute atomic E-state index is 0.109. The molecular formula is C17H21BrFNO. The largest absolute Gasteiger partial charge is 0.348 e. The quantitative estimate of drug-likeness (QED) is 0.831. The zero-order valence-electron chi connectivity index (χ0n) is 12.7. The Kier molecular flexibility index (Phi) is 3.43. The highest BCUT2D eigenvalue weighted by molar-refractivity contribution is 9.10. The summed E-state index contributed by atoms with van der Waals surface area (Å²) in [7, 11) is 0. The lowest BCUT2D eigenvalue weighted by Crippen LogP contribution is -2.52. The van der Waals surface area contributed by atoms with Gasteiger partial charge in [0.1, 0.15) is 5.82 Å². The SMILES string of the molecule is CC12CCC(C1)C(C)(C)C2NC(=O)c1ccc(F)c(Br)c1. The van der Waals surface area contributed by atoms with Gasteiger partial charge in [-0.2, -0.15) is 0 Å². The van der Waals surface area contributed by atoms with Gasteiger partial charge in [0, 0.05) is 11.6 Å². The molecule has 0 heterocycles. The molecular weight excluding hydrogens is 333 g/mol. The second-order valence-corrected chi connectivity index (χ2v) is 8.30. The molecule has 2 aliphatic carbocycles. The van der Waals surface area contributed by atoms with E-state index in [0.717, 1.165) is 0 Å². The average Bonchev–Trinajstić information content (AvgIpc) is 2.89. The Morgan fingerprint density at radius 1 is 1.38 bits per heavy atom. The highest BCUT2D eigenvalue weighted by Crippen LogP contribution is 2.62. The van der Waals surface area contributed by atoms with Crippen LogP contribution in [0.15, 0.2) is 22.7 Å². The third-order valence-electron chi connectivity index (χ3n) is 5.73. The van der Waals surface area contributed by atoms with E-state index < -0.39 is 0 Å². The summed E-state index contributed by atoms with van der Waals surface area (Å²) in [6.45, 7) is 6.80. The van der Waals surface area contributed by atoms with Gasteiger partial charge in [-0.05, 0) is 70.1 Å². The third kappa shape index (κ3) is 2.32. The Morgan fingerprint density at radius 3 is 2.67 bits per heavy atom. The zero-order valence-corrected chi connectivity index (χ0v) is 14.3. The monoisotopic (exact) mass is 353 g/mol. The number of rotatable bonds is 2. The van der Waals surface area contributed by atoms with E-state index in [1.807, 2.05) is 0 Å². The maximum atomic E-state index is 13.3. The molecule has 2 fully saturated rings. The number of amides is 1. The normalized spacial score (nSPS) is 33.2. The van der Waals surface area contributed by atoms with Crippen LogP contribution >= 0.6 is 15.9 Å². The number of carbonyl (C=O) groups excluding carboxylic acids is 1. The molecule has 3 rings (SSSR count). The van der Waals surface area contributed by atoms with Gasteiger partial charge in [-0.15, -0.1) is 0 Å². The van der Waals surface area contributed by atoms with Crippen molar-refractivity contribution in [1.29, 1.82) is 0 Å². The standard InChI is InChI=1S/C17H21BrFNO/c1-16(2)11-6-7-17(3,9-11)15(16)20-14(21)10-4-5-13(19)12(18)8-10/h4-5,8,11,15H,6-7,9H2,1-3H3,(H,20,21). The summed E-state index contributed by atoms with van der Waals surface area (Å²) >= 11 is 3.14. The second-order valence-electron chi connectivity index (χ2n) is 7.45. The minimum atomic E-state index is -0.348. The van der Waals surface area contributed by atoms with Gasteiger partial charge in [-0.3, -0.25) is 4.79 Å². The van der Waals surface area contributed by atoms with Crippen molar-refractivity contribution in [2.24, 2.45) is 16.7 Å². The summed E-state index contributed by atoms with van der Waals surface area (Å²) < 4.78 is 13.6. The van der Waals surface area contributed by atoms with Crippen LogP contribution in [0.3, 0.4) is 0 Å². The fraction of sp³-hybridized carbons (Fsp3) is 0.588. The Labute approximate surface area is 133 Å². The lowest BCUT2D eigenvalue weighted by atomic mass is 9.68. The fourth-order valence-electron chi connectivity index (χ4n) is 4.51. The van der Waals surface area contributed by atoms with Gasteiger partial charge in [0.05, 0.1) is 4.47 Å². The molecule has 1 aromatic carbocycles. The van der Waals surface area contributed by atoms with E-state index in [9.17, 15) is 9.18 Å². The van der Waals surface area contributed by atoms with Crippen LogP contribution in [0.1, 0.15) is 50.4 Å². The second kappa shape index (κ2) is 4.80. The number of carbonyl (C=O) groups is 1. The van der Waals surface area contributed by atoms with Crippen molar-refractivity contribution < 1.29 is 9.18 Å². The number of hydrogen-bond acceptors (Lipinski definition) is 1. The Bertz CT molecular complexity index is 596. The van der Waals surface area contributed by atoms with Gasteiger partial charge in [0.25, 0.3) is 5.91 Å². The van der Waals surface area contributed by atoms with Crippen LogP contribution in [-0.4, -0.2) is 11.9 Å². The molecule has 2 aliphatic rings. The first kappa shape index (κ1) is 15.0. The molecule has 0 radical (unpaired) electrons. The van der Waals surface area contributed by atoms with Crippen molar-refractivity contribution in [2.75, 3.05) is 0 Å². The lowest BCUT2D eigenvalue weighted by Gasteiger charge is -2.43. The summed E-state index contributed by atoms with van der Waals surface area (Å²) in [4.78, 5) is 12.5. The van der Waals surface area contributed by atoms with Crippen molar-refractivity contribution in [1.82, 2.24) is 5.32 Å². The zero-order chi connectivity index (χ0) is 15.4. The molecule has 0 aromatic heterocycles. The van der Waals surface area contributed by atoms with Crippen LogP contribution in [0.4, 0.5) is 4.39 Å². The van der Waals surface area contributed by atoms with Gasteiger partial charge < -0.3 is 5.32 Å². The predicted octanol–water partition coefficient (Wildman–Crippen LogP) is 4.53.